The standard InChI is InChI=1S/C23H37BN2O4/c1-9-26(18-10-12-25(7)13-11-18)20-15-17(14-19(16(20)2)21(27)28-8)24-29-22(3,4)23(5,6)30-24/h14-15,18H,9-13H2,1-8H3. The molecule has 2 aliphatic heterocycles. The highest BCUT2D eigenvalue weighted by atomic mass is 16.7. The number of methoxy groups -OCH3 is 1. The maximum Gasteiger partial charge on any atom is 0.494 e. The molecule has 2 heterocycles. The molecule has 7 heteroatoms. The van der Waals surface area contributed by atoms with Crippen molar-refractivity contribution in [3.05, 3.63) is 23.3 Å². The number of nitrogens with zero attached hydrogens (tertiary/aromatic N) is 2. The molecule has 0 aliphatic carbocycles. The molecule has 0 unspecified atom stereocenters. The van der Waals surface area contributed by atoms with Gasteiger partial charge in [0.05, 0.1) is 23.9 Å². The smallest absolute Gasteiger partial charge is 0.465 e. The van der Waals surface area contributed by atoms with Crippen LogP contribution < -0.4 is 10.4 Å². The number of carbonyl (C=O) groups excluding carboxylic acids is 1. The molecule has 0 N–H and O–H groups in total. The lowest BCUT2D eigenvalue weighted by atomic mass is 9.77. The van der Waals surface area contributed by atoms with Crippen LogP contribution in [0.5, 0.6) is 0 Å². The van der Waals surface area contributed by atoms with Crippen molar-refractivity contribution in [3.63, 3.8) is 0 Å². The van der Waals surface area contributed by atoms with Gasteiger partial charge in [-0.1, -0.05) is 0 Å². The Morgan fingerprint density at radius 3 is 2.27 bits per heavy atom. The first-order chi connectivity index (χ1) is 14.0. The van der Waals surface area contributed by atoms with Gasteiger partial charge in [-0.15, -0.1) is 0 Å². The molecule has 166 valence electrons. The summed E-state index contributed by atoms with van der Waals surface area (Å²) < 4.78 is 17.7. The molecule has 30 heavy (non-hydrogen) atoms. The van der Waals surface area contributed by atoms with E-state index in [1.54, 1.807) is 0 Å². The van der Waals surface area contributed by atoms with Crippen molar-refractivity contribution in [3.8, 4) is 0 Å². The Morgan fingerprint density at radius 2 is 1.77 bits per heavy atom. The first kappa shape index (κ1) is 23.1. The molecular formula is C23H37BN2O4. The van der Waals surface area contributed by atoms with Crippen LogP contribution in [0.2, 0.25) is 0 Å². The molecule has 0 bridgehead atoms. The number of benzene rings is 1. The minimum absolute atomic E-state index is 0.327. The maximum absolute atomic E-state index is 12.6. The summed E-state index contributed by atoms with van der Waals surface area (Å²) in [6.45, 7) is 15.4. The predicted octanol–water partition coefficient (Wildman–Crippen LogP) is 3.00. The van der Waals surface area contributed by atoms with E-state index in [2.05, 4.69) is 29.8 Å². The summed E-state index contributed by atoms with van der Waals surface area (Å²) in [4.78, 5) is 17.4. The summed E-state index contributed by atoms with van der Waals surface area (Å²) in [5, 5.41) is 0. The van der Waals surface area contributed by atoms with Gasteiger partial charge in [0.2, 0.25) is 0 Å². The van der Waals surface area contributed by atoms with Gasteiger partial charge in [-0.25, -0.2) is 4.79 Å². The Hall–Kier alpha value is -1.57. The van der Waals surface area contributed by atoms with Crippen LogP contribution in [0.3, 0.4) is 0 Å². The van der Waals surface area contributed by atoms with Crippen molar-refractivity contribution in [2.24, 2.45) is 0 Å². The highest BCUT2D eigenvalue weighted by Crippen LogP contribution is 2.37. The van der Waals surface area contributed by atoms with Gasteiger partial charge in [-0.2, -0.15) is 0 Å². The Morgan fingerprint density at radius 1 is 1.20 bits per heavy atom. The van der Waals surface area contributed by atoms with Gasteiger partial charge < -0.3 is 23.8 Å². The fraction of sp³-hybridized carbons (Fsp3) is 0.696. The van der Waals surface area contributed by atoms with Gasteiger partial charge in [0.15, 0.2) is 0 Å². The molecule has 6 nitrogen and oxygen atoms in total. The highest BCUT2D eigenvalue weighted by molar-refractivity contribution is 6.62. The summed E-state index contributed by atoms with van der Waals surface area (Å²) >= 11 is 0. The van der Waals surface area contributed by atoms with Crippen LogP contribution in [-0.4, -0.2) is 69.0 Å². The van der Waals surface area contributed by atoms with E-state index in [-0.39, 0.29) is 5.97 Å². The van der Waals surface area contributed by atoms with E-state index in [0.717, 1.165) is 49.2 Å². The van der Waals surface area contributed by atoms with E-state index in [0.29, 0.717) is 11.6 Å². The first-order valence-corrected chi connectivity index (χ1v) is 11.0. The van der Waals surface area contributed by atoms with Gasteiger partial charge in [-0.05, 0) is 97.7 Å². The fourth-order valence-corrected chi connectivity index (χ4v) is 4.39. The van der Waals surface area contributed by atoms with Crippen molar-refractivity contribution in [1.29, 1.82) is 0 Å². The third-order valence-corrected chi connectivity index (χ3v) is 7.11. The summed E-state index contributed by atoms with van der Waals surface area (Å²) in [6.07, 6.45) is 2.22. The van der Waals surface area contributed by atoms with Gasteiger partial charge in [0.25, 0.3) is 0 Å². The molecule has 1 aromatic rings. The van der Waals surface area contributed by atoms with Crippen molar-refractivity contribution >= 4 is 24.2 Å². The molecule has 2 saturated heterocycles. The third kappa shape index (κ3) is 4.25. The molecule has 0 radical (unpaired) electrons. The third-order valence-electron chi connectivity index (χ3n) is 7.11. The lowest BCUT2D eigenvalue weighted by Crippen LogP contribution is -2.45. The molecule has 1 aromatic carbocycles. The van der Waals surface area contributed by atoms with Crippen LogP contribution in [0, 0.1) is 6.92 Å². The zero-order chi connectivity index (χ0) is 22.3. The zero-order valence-corrected chi connectivity index (χ0v) is 19.9. The summed E-state index contributed by atoms with van der Waals surface area (Å²) in [6, 6.07) is 4.46. The number of esters is 1. The summed E-state index contributed by atoms with van der Waals surface area (Å²) in [5.74, 6) is -0.327. The topological polar surface area (TPSA) is 51.2 Å². The van der Waals surface area contributed by atoms with Crippen molar-refractivity contribution in [1.82, 2.24) is 4.90 Å². The minimum atomic E-state index is -0.519. The van der Waals surface area contributed by atoms with Crippen molar-refractivity contribution < 1.29 is 18.8 Å². The Labute approximate surface area is 182 Å². The largest absolute Gasteiger partial charge is 0.494 e. The molecular weight excluding hydrogens is 379 g/mol. The second-order valence-corrected chi connectivity index (χ2v) is 9.61. The average molecular weight is 416 g/mol. The molecule has 0 aromatic heterocycles. The van der Waals surface area contributed by atoms with Crippen LogP contribution in [0.4, 0.5) is 5.69 Å². The highest BCUT2D eigenvalue weighted by Gasteiger charge is 2.52. The van der Waals surface area contributed by atoms with E-state index in [1.165, 1.54) is 7.11 Å². The predicted molar refractivity (Wildman–Crippen MR) is 122 cm³/mol. The number of carbonyl (C=O) groups is 1. The van der Waals surface area contributed by atoms with E-state index in [1.807, 2.05) is 40.7 Å². The normalized spacial score (nSPS) is 21.7. The van der Waals surface area contributed by atoms with E-state index >= 15 is 0 Å². The van der Waals surface area contributed by atoms with Crippen LogP contribution in [0.15, 0.2) is 12.1 Å². The fourth-order valence-electron chi connectivity index (χ4n) is 4.39. The second kappa shape index (κ2) is 8.52. The van der Waals surface area contributed by atoms with Crippen LogP contribution >= 0.6 is 0 Å². The lowest BCUT2D eigenvalue weighted by molar-refractivity contribution is 0.00578. The first-order valence-electron chi connectivity index (χ1n) is 11.0. The van der Waals surface area contributed by atoms with Crippen molar-refractivity contribution in [2.45, 2.75) is 71.6 Å². The number of hydrogen-bond donors (Lipinski definition) is 0. The second-order valence-electron chi connectivity index (χ2n) is 9.61. The van der Waals surface area contributed by atoms with E-state index in [9.17, 15) is 4.79 Å². The molecule has 0 spiro atoms. The van der Waals surface area contributed by atoms with Gasteiger partial charge in [0.1, 0.15) is 0 Å². The average Bonchev–Trinajstić information content (AvgIpc) is 2.91. The lowest BCUT2D eigenvalue weighted by Gasteiger charge is -2.39. The van der Waals surface area contributed by atoms with Crippen LogP contribution in [0.1, 0.15) is 63.4 Å². The van der Waals surface area contributed by atoms with E-state index < -0.39 is 18.3 Å². The molecule has 0 saturated carbocycles. The summed E-state index contributed by atoms with van der Waals surface area (Å²) in [7, 11) is 3.08. The van der Waals surface area contributed by atoms with Gasteiger partial charge in [-0.3, -0.25) is 0 Å². The molecule has 2 aliphatic rings. The van der Waals surface area contributed by atoms with Crippen molar-refractivity contribution in [2.75, 3.05) is 38.7 Å². The molecule has 0 amide bonds. The van der Waals surface area contributed by atoms with Gasteiger partial charge in [0, 0.05) is 18.3 Å². The number of anilines is 1. The molecule has 0 atom stereocenters. The molecule has 3 rings (SSSR count). The number of ether oxygens (including phenoxy) is 1. The number of piperidine rings is 1. The Bertz CT molecular complexity index is 772. The van der Waals surface area contributed by atoms with E-state index in [4.69, 9.17) is 14.0 Å². The number of rotatable bonds is 5. The SMILES string of the molecule is CCN(c1cc(B2OC(C)(C)C(C)(C)O2)cc(C(=O)OC)c1C)C1CCN(C)CC1. The number of hydrogen-bond acceptors (Lipinski definition) is 6. The minimum Gasteiger partial charge on any atom is -0.465 e. The Balaban J connectivity index is 2.04. The zero-order valence-electron chi connectivity index (χ0n) is 19.9. The number of likely N-dealkylation sites (tertiary alicyclic amines) is 1. The quantitative estimate of drug-likeness (QED) is 0.544. The van der Waals surface area contributed by atoms with Crippen LogP contribution in [-0.2, 0) is 14.0 Å². The van der Waals surface area contributed by atoms with Gasteiger partial charge >= 0.3 is 13.1 Å². The molecule has 2 fully saturated rings. The summed E-state index contributed by atoms with van der Waals surface area (Å²) in [5.41, 5.74) is 2.58. The maximum atomic E-state index is 12.6. The Kier molecular flexibility index (Phi) is 6.56. The van der Waals surface area contributed by atoms with Crippen LogP contribution in [0.25, 0.3) is 0 Å². The monoisotopic (exact) mass is 416 g/mol.